The van der Waals surface area contributed by atoms with Gasteiger partial charge in [-0.1, -0.05) is 0 Å². The summed E-state index contributed by atoms with van der Waals surface area (Å²) < 4.78 is 44.5. The van der Waals surface area contributed by atoms with Crippen LogP contribution in [-0.4, -0.2) is 37.6 Å². The van der Waals surface area contributed by atoms with Crippen LogP contribution in [0.2, 0.25) is 0 Å². The molecule has 158 valence electrons. The Bertz CT molecular complexity index is 1090. The van der Waals surface area contributed by atoms with E-state index in [1.165, 1.54) is 0 Å². The number of nitrogens with zero attached hydrogens (tertiary/aromatic N) is 3. The van der Waals surface area contributed by atoms with Gasteiger partial charge in [0, 0.05) is 30.0 Å². The molecule has 6 nitrogen and oxygen atoms in total. The number of halogens is 3. The second kappa shape index (κ2) is 7.17. The number of hydrogen-bond donors (Lipinski definition) is 2. The van der Waals surface area contributed by atoms with Crippen molar-refractivity contribution in [3.8, 4) is 17.0 Å². The molecule has 1 aliphatic rings. The molecule has 1 saturated heterocycles. The molecule has 2 atom stereocenters. The van der Waals surface area contributed by atoms with Gasteiger partial charge in [0.05, 0.1) is 23.3 Å². The van der Waals surface area contributed by atoms with E-state index in [2.05, 4.69) is 15.2 Å². The molecule has 2 unspecified atom stereocenters. The minimum absolute atomic E-state index is 0.0979. The molecule has 0 aliphatic carbocycles. The van der Waals surface area contributed by atoms with Crippen molar-refractivity contribution in [1.29, 1.82) is 0 Å². The molecular formula is C21H20F3N3O3. The molecular weight excluding hydrogens is 399 g/mol. The van der Waals surface area contributed by atoms with Gasteiger partial charge in [0.2, 0.25) is 0 Å². The maximum absolute atomic E-state index is 12.9. The van der Waals surface area contributed by atoms with Crippen LogP contribution in [-0.2, 0) is 16.5 Å². The number of aromatic nitrogens is 3. The lowest BCUT2D eigenvalue weighted by molar-refractivity contribution is -0.138. The average Bonchev–Trinajstić information content (AvgIpc) is 2.65. The van der Waals surface area contributed by atoms with E-state index in [1.807, 2.05) is 13.8 Å². The van der Waals surface area contributed by atoms with Crippen LogP contribution in [0.4, 0.5) is 13.2 Å². The zero-order chi connectivity index (χ0) is 21.7. The lowest BCUT2D eigenvalue weighted by Crippen LogP contribution is -2.42. The van der Waals surface area contributed by atoms with Gasteiger partial charge in [-0.15, -0.1) is 10.2 Å². The maximum atomic E-state index is 12.9. The largest absolute Gasteiger partial charge is 0.507 e. The van der Waals surface area contributed by atoms with E-state index in [4.69, 9.17) is 4.74 Å². The van der Waals surface area contributed by atoms with E-state index in [1.54, 1.807) is 18.3 Å². The summed E-state index contributed by atoms with van der Waals surface area (Å²) in [7, 11) is 0. The Morgan fingerprint density at radius 2 is 1.80 bits per heavy atom. The van der Waals surface area contributed by atoms with Crippen LogP contribution < -0.4 is 0 Å². The zero-order valence-corrected chi connectivity index (χ0v) is 16.3. The SMILES string of the molecule is CC1CC(O)(c2nnc(-c3ccc(C(F)(F)F)cc3O)c3cccnc23)CC(C)O1. The van der Waals surface area contributed by atoms with Gasteiger partial charge in [-0.2, -0.15) is 13.2 Å². The molecule has 1 aliphatic heterocycles. The third-order valence-corrected chi connectivity index (χ3v) is 5.27. The van der Waals surface area contributed by atoms with Crippen LogP contribution in [0.15, 0.2) is 36.5 Å². The van der Waals surface area contributed by atoms with Gasteiger partial charge < -0.3 is 14.9 Å². The van der Waals surface area contributed by atoms with E-state index in [9.17, 15) is 23.4 Å². The summed E-state index contributed by atoms with van der Waals surface area (Å²) >= 11 is 0. The molecule has 3 aromatic rings. The highest BCUT2D eigenvalue weighted by Crippen LogP contribution is 2.42. The van der Waals surface area contributed by atoms with Gasteiger partial charge in [0.1, 0.15) is 22.7 Å². The zero-order valence-electron chi connectivity index (χ0n) is 16.3. The molecule has 2 aromatic heterocycles. The number of pyridine rings is 1. The highest BCUT2D eigenvalue weighted by molar-refractivity contribution is 5.94. The molecule has 1 aromatic carbocycles. The second-order valence-electron chi connectivity index (χ2n) is 7.72. The fourth-order valence-corrected chi connectivity index (χ4v) is 4.13. The van der Waals surface area contributed by atoms with Crippen LogP contribution in [0.25, 0.3) is 22.2 Å². The first kappa shape index (κ1) is 20.5. The summed E-state index contributed by atoms with van der Waals surface area (Å²) in [6.45, 7) is 3.72. The quantitative estimate of drug-likeness (QED) is 0.648. The Morgan fingerprint density at radius 3 is 2.43 bits per heavy atom. The Morgan fingerprint density at radius 1 is 1.10 bits per heavy atom. The summed E-state index contributed by atoms with van der Waals surface area (Å²) in [5, 5.41) is 30.4. The van der Waals surface area contributed by atoms with Gasteiger partial charge in [-0.05, 0) is 44.2 Å². The Balaban J connectivity index is 1.87. The first-order valence-electron chi connectivity index (χ1n) is 9.49. The Labute approximate surface area is 170 Å². The molecule has 2 N–H and O–H groups in total. The molecule has 0 amide bonds. The standard InChI is InChI=1S/C21H20F3N3O3/c1-11-9-20(29,10-12(2)30-11)19-18-15(4-3-7-25-18)17(26-27-19)14-6-5-13(8-16(14)28)21(22,23)24/h3-8,11-12,28-29H,9-10H2,1-2H3. The molecule has 0 radical (unpaired) electrons. The highest BCUT2D eigenvalue weighted by Gasteiger charge is 2.41. The predicted molar refractivity (Wildman–Crippen MR) is 103 cm³/mol. The van der Waals surface area contributed by atoms with Crippen molar-refractivity contribution < 1.29 is 28.1 Å². The third kappa shape index (κ3) is 3.59. The number of phenolic OH excluding ortho intramolecular Hbond substituents is 1. The van der Waals surface area contributed by atoms with Gasteiger partial charge in [-0.3, -0.25) is 4.98 Å². The minimum Gasteiger partial charge on any atom is -0.507 e. The molecule has 30 heavy (non-hydrogen) atoms. The molecule has 0 spiro atoms. The summed E-state index contributed by atoms with van der Waals surface area (Å²) in [6.07, 6.45) is -2.81. The van der Waals surface area contributed by atoms with Crippen molar-refractivity contribution in [2.45, 2.75) is 50.7 Å². The number of phenols is 1. The molecule has 0 saturated carbocycles. The molecule has 3 heterocycles. The number of rotatable bonds is 2. The average molecular weight is 419 g/mol. The minimum atomic E-state index is -4.57. The fourth-order valence-electron chi connectivity index (χ4n) is 4.13. The number of hydrogen-bond acceptors (Lipinski definition) is 6. The first-order valence-corrected chi connectivity index (χ1v) is 9.49. The van der Waals surface area contributed by atoms with Crippen LogP contribution >= 0.6 is 0 Å². The molecule has 4 rings (SSSR count). The maximum Gasteiger partial charge on any atom is 0.416 e. The van der Waals surface area contributed by atoms with Crippen molar-refractivity contribution in [3.63, 3.8) is 0 Å². The number of aromatic hydroxyl groups is 1. The summed E-state index contributed by atoms with van der Waals surface area (Å²) in [5.74, 6) is -0.566. The Hall–Kier alpha value is -2.78. The van der Waals surface area contributed by atoms with E-state index in [0.29, 0.717) is 29.8 Å². The van der Waals surface area contributed by atoms with Crippen molar-refractivity contribution >= 4 is 10.9 Å². The van der Waals surface area contributed by atoms with Crippen molar-refractivity contribution in [2.75, 3.05) is 0 Å². The monoisotopic (exact) mass is 419 g/mol. The topological polar surface area (TPSA) is 88.4 Å². The number of ether oxygens (including phenoxy) is 1. The predicted octanol–water partition coefficient (Wildman–Crippen LogP) is 4.19. The van der Waals surface area contributed by atoms with Crippen LogP contribution in [0.1, 0.15) is 37.9 Å². The van der Waals surface area contributed by atoms with E-state index >= 15 is 0 Å². The van der Waals surface area contributed by atoms with Gasteiger partial charge in [-0.25, -0.2) is 0 Å². The van der Waals surface area contributed by atoms with Crippen molar-refractivity contribution in [2.24, 2.45) is 0 Å². The summed E-state index contributed by atoms with van der Waals surface area (Å²) in [5.41, 5.74) is -1.32. The van der Waals surface area contributed by atoms with E-state index in [-0.39, 0.29) is 29.2 Å². The van der Waals surface area contributed by atoms with Crippen LogP contribution in [0.3, 0.4) is 0 Å². The lowest BCUT2D eigenvalue weighted by atomic mass is 9.83. The summed E-state index contributed by atoms with van der Waals surface area (Å²) in [6, 6.07) is 6.02. The van der Waals surface area contributed by atoms with Crippen molar-refractivity contribution in [1.82, 2.24) is 15.2 Å². The van der Waals surface area contributed by atoms with E-state index < -0.39 is 23.1 Å². The molecule has 1 fully saturated rings. The van der Waals surface area contributed by atoms with Crippen molar-refractivity contribution in [3.05, 3.63) is 47.8 Å². The fraction of sp³-hybridized carbons (Fsp3) is 0.381. The smallest absolute Gasteiger partial charge is 0.416 e. The molecule has 0 bridgehead atoms. The molecule has 9 heteroatoms. The first-order chi connectivity index (χ1) is 14.1. The lowest BCUT2D eigenvalue weighted by Gasteiger charge is -2.38. The number of aliphatic hydroxyl groups is 1. The third-order valence-electron chi connectivity index (χ3n) is 5.27. The van der Waals surface area contributed by atoms with Gasteiger partial charge in [0.15, 0.2) is 0 Å². The van der Waals surface area contributed by atoms with Crippen LogP contribution in [0.5, 0.6) is 5.75 Å². The van der Waals surface area contributed by atoms with Gasteiger partial charge in [0.25, 0.3) is 0 Å². The Kier molecular flexibility index (Phi) is 4.90. The highest BCUT2D eigenvalue weighted by atomic mass is 19.4. The second-order valence-corrected chi connectivity index (χ2v) is 7.72. The van der Waals surface area contributed by atoms with Gasteiger partial charge >= 0.3 is 6.18 Å². The number of benzene rings is 1. The summed E-state index contributed by atoms with van der Waals surface area (Å²) in [4.78, 5) is 4.36. The number of alkyl halides is 3. The number of fused-ring (bicyclic) bond motifs is 1. The van der Waals surface area contributed by atoms with E-state index in [0.717, 1.165) is 12.1 Å². The normalized spacial score (nSPS) is 24.9. The van der Waals surface area contributed by atoms with Crippen LogP contribution in [0, 0.1) is 0 Å².